The third-order valence-electron chi connectivity index (χ3n) is 1.99. The van der Waals surface area contributed by atoms with Gasteiger partial charge in [-0.15, -0.1) is 0 Å². The Labute approximate surface area is 102 Å². The van der Waals surface area contributed by atoms with Crippen LogP contribution in [0.25, 0.3) is 0 Å². The van der Waals surface area contributed by atoms with Crippen molar-refractivity contribution in [3.8, 4) is 6.07 Å². The molecule has 0 saturated heterocycles. The first-order valence-corrected chi connectivity index (χ1v) is 5.01. The lowest BCUT2D eigenvalue weighted by Gasteiger charge is -2.07. The number of rotatable bonds is 2. The van der Waals surface area contributed by atoms with Crippen molar-refractivity contribution < 1.29 is 4.39 Å². The minimum atomic E-state index is -0.643. The van der Waals surface area contributed by atoms with Crippen LogP contribution >= 0.6 is 11.6 Å². The molecular weight excluding hydrogens is 243 g/mol. The highest BCUT2D eigenvalue weighted by Gasteiger charge is 2.04. The topological polar surface area (TPSA) is 61.6 Å². The fraction of sp³-hybridized carbons (Fsp3) is 0. The minimum absolute atomic E-state index is 0.273. The van der Waals surface area contributed by atoms with E-state index in [0.29, 0.717) is 16.3 Å². The van der Waals surface area contributed by atoms with Gasteiger partial charge in [0, 0.05) is 6.07 Å². The van der Waals surface area contributed by atoms with Crippen LogP contribution in [0.5, 0.6) is 0 Å². The van der Waals surface area contributed by atoms with Crippen molar-refractivity contribution in [3.63, 3.8) is 0 Å². The van der Waals surface area contributed by atoms with Crippen LogP contribution in [0.4, 0.5) is 15.9 Å². The molecule has 0 amide bonds. The van der Waals surface area contributed by atoms with Crippen LogP contribution in [-0.2, 0) is 0 Å². The van der Waals surface area contributed by atoms with E-state index < -0.39 is 5.95 Å². The van der Waals surface area contributed by atoms with Crippen LogP contribution < -0.4 is 5.32 Å². The average Bonchev–Trinajstić information content (AvgIpc) is 2.32. The van der Waals surface area contributed by atoms with E-state index in [2.05, 4.69) is 15.3 Å². The second-order valence-corrected chi connectivity index (χ2v) is 3.56. The molecule has 0 spiro atoms. The van der Waals surface area contributed by atoms with Gasteiger partial charge in [-0.25, -0.2) is 9.97 Å². The molecule has 1 N–H and O–H groups in total. The standard InChI is InChI=1S/C11H6ClFN4/c12-8-2-1-7(5-14)3-9(8)17-11-4-10(13)15-6-16-11/h1-4,6H,(H,15,16,17). The SMILES string of the molecule is N#Cc1ccc(Cl)c(Nc2cc(F)ncn2)c1. The molecule has 1 aromatic heterocycles. The maximum atomic E-state index is 12.8. The molecular formula is C11H6ClFN4. The predicted octanol–water partition coefficient (Wildman–Crippen LogP) is 2.88. The summed E-state index contributed by atoms with van der Waals surface area (Å²) < 4.78 is 12.8. The highest BCUT2D eigenvalue weighted by Crippen LogP contribution is 2.25. The van der Waals surface area contributed by atoms with E-state index in [9.17, 15) is 4.39 Å². The van der Waals surface area contributed by atoms with Gasteiger partial charge in [0.15, 0.2) is 0 Å². The lowest BCUT2D eigenvalue weighted by molar-refractivity contribution is 0.580. The number of nitrogens with zero attached hydrogens (tertiary/aromatic N) is 3. The van der Waals surface area contributed by atoms with Crippen molar-refractivity contribution in [2.75, 3.05) is 5.32 Å². The molecule has 0 fully saturated rings. The highest BCUT2D eigenvalue weighted by molar-refractivity contribution is 6.33. The molecule has 1 heterocycles. The monoisotopic (exact) mass is 248 g/mol. The highest BCUT2D eigenvalue weighted by atomic mass is 35.5. The summed E-state index contributed by atoms with van der Waals surface area (Å²) in [6.45, 7) is 0. The largest absolute Gasteiger partial charge is 0.339 e. The van der Waals surface area contributed by atoms with Crippen molar-refractivity contribution in [1.82, 2.24) is 9.97 Å². The summed E-state index contributed by atoms with van der Waals surface area (Å²) in [5.41, 5.74) is 0.940. The molecule has 0 bridgehead atoms. The normalized spacial score (nSPS) is 9.71. The maximum absolute atomic E-state index is 12.8. The Morgan fingerprint density at radius 2 is 2.12 bits per heavy atom. The van der Waals surface area contributed by atoms with Gasteiger partial charge in [-0.1, -0.05) is 11.6 Å². The Balaban J connectivity index is 2.33. The van der Waals surface area contributed by atoms with Crippen LogP contribution in [0.1, 0.15) is 5.56 Å². The molecule has 0 aliphatic carbocycles. The zero-order valence-electron chi connectivity index (χ0n) is 8.48. The van der Waals surface area contributed by atoms with Crippen molar-refractivity contribution >= 4 is 23.1 Å². The van der Waals surface area contributed by atoms with Gasteiger partial charge in [0.25, 0.3) is 0 Å². The Kier molecular flexibility index (Phi) is 3.17. The van der Waals surface area contributed by atoms with Crippen LogP contribution in [0.2, 0.25) is 5.02 Å². The van der Waals surface area contributed by atoms with E-state index in [-0.39, 0.29) is 5.82 Å². The summed E-state index contributed by atoms with van der Waals surface area (Å²) in [7, 11) is 0. The van der Waals surface area contributed by atoms with E-state index >= 15 is 0 Å². The van der Waals surface area contributed by atoms with E-state index in [1.807, 2.05) is 6.07 Å². The number of benzene rings is 1. The average molecular weight is 249 g/mol. The maximum Gasteiger partial charge on any atom is 0.218 e. The van der Waals surface area contributed by atoms with Crippen molar-refractivity contribution in [2.45, 2.75) is 0 Å². The molecule has 0 radical (unpaired) electrons. The summed E-state index contributed by atoms with van der Waals surface area (Å²) in [6.07, 6.45) is 1.10. The first-order chi connectivity index (χ1) is 8.19. The lowest BCUT2D eigenvalue weighted by Crippen LogP contribution is -1.96. The number of halogens is 2. The Bertz CT molecular complexity index is 594. The number of nitrogens with one attached hydrogen (secondary N) is 1. The van der Waals surface area contributed by atoms with E-state index in [0.717, 1.165) is 12.4 Å². The third-order valence-corrected chi connectivity index (χ3v) is 2.32. The molecule has 17 heavy (non-hydrogen) atoms. The van der Waals surface area contributed by atoms with Crippen molar-refractivity contribution in [2.24, 2.45) is 0 Å². The Morgan fingerprint density at radius 1 is 1.29 bits per heavy atom. The van der Waals surface area contributed by atoms with Crippen LogP contribution in [0.15, 0.2) is 30.6 Å². The Morgan fingerprint density at radius 3 is 2.82 bits per heavy atom. The summed E-state index contributed by atoms with van der Waals surface area (Å²) in [5.74, 6) is -0.371. The molecule has 4 nitrogen and oxygen atoms in total. The summed E-state index contributed by atoms with van der Waals surface area (Å²) >= 11 is 5.93. The lowest BCUT2D eigenvalue weighted by atomic mass is 10.2. The van der Waals surface area contributed by atoms with Gasteiger partial charge >= 0.3 is 0 Å². The van der Waals surface area contributed by atoms with Gasteiger partial charge < -0.3 is 5.32 Å². The van der Waals surface area contributed by atoms with Gasteiger partial charge in [-0.05, 0) is 18.2 Å². The Hall–Kier alpha value is -2.19. The summed E-state index contributed by atoms with van der Waals surface area (Å²) in [4.78, 5) is 7.16. The number of anilines is 2. The van der Waals surface area contributed by atoms with Crippen molar-refractivity contribution in [1.29, 1.82) is 5.26 Å². The second kappa shape index (κ2) is 4.76. The van der Waals surface area contributed by atoms with Crippen molar-refractivity contribution in [3.05, 3.63) is 47.1 Å². The van der Waals surface area contributed by atoms with Crippen LogP contribution in [-0.4, -0.2) is 9.97 Å². The zero-order valence-corrected chi connectivity index (χ0v) is 9.24. The number of hydrogen-bond acceptors (Lipinski definition) is 4. The predicted molar refractivity (Wildman–Crippen MR) is 61.4 cm³/mol. The van der Waals surface area contributed by atoms with Crippen LogP contribution in [0.3, 0.4) is 0 Å². The molecule has 84 valence electrons. The van der Waals surface area contributed by atoms with Gasteiger partial charge in [0.05, 0.1) is 22.3 Å². The van der Waals surface area contributed by atoms with Gasteiger partial charge in [0.2, 0.25) is 5.95 Å². The second-order valence-electron chi connectivity index (χ2n) is 3.16. The molecule has 6 heteroatoms. The van der Waals surface area contributed by atoms with Crippen LogP contribution in [0, 0.1) is 17.3 Å². The van der Waals surface area contributed by atoms with Gasteiger partial charge in [-0.2, -0.15) is 9.65 Å². The fourth-order valence-corrected chi connectivity index (χ4v) is 1.40. The molecule has 0 atom stereocenters. The minimum Gasteiger partial charge on any atom is -0.339 e. The molecule has 2 rings (SSSR count). The van der Waals surface area contributed by atoms with E-state index in [1.54, 1.807) is 18.2 Å². The number of aromatic nitrogens is 2. The fourth-order valence-electron chi connectivity index (χ4n) is 1.23. The van der Waals surface area contributed by atoms with E-state index in [1.165, 1.54) is 0 Å². The first kappa shape index (κ1) is 11.3. The van der Waals surface area contributed by atoms with Gasteiger partial charge in [-0.3, -0.25) is 0 Å². The molecule has 2 aromatic rings. The molecule has 0 saturated carbocycles. The quantitative estimate of drug-likeness (QED) is 0.830. The summed E-state index contributed by atoms with van der Waals surface area (Å²) in [6, 6.07) is 7.85. The molecule has 1 aromatic carbocycles. The van der Waals surface area contributed by atoms with Gasteiger partial charge in [0.1, 0.15) is 12.1 Å². The summed E-state index contributed by atoms with van der Waals surface area (Å²) in [5, 5.41) is 12.0. The zero-order chi connectivity index (χ0) is 12.3. The molecule has 0 aliphatic rings. The number of nitriles is 1. The first-order valence-electron chi connectivity index (χ1n) is 4.63. The third kappa shape index (κ3) is 2.68. The smallest absolute Gasteiger partial charge is 0.218 e. The van der Waals surface area contributed by atoms with E-state index in [4.69, 9.17) is 16.9 Å². The molecule has 0 unspecified atom stereocenters. The number of hydrogen-bond donors (Lipinski definition) is 1. The molecule has 0 aliphatic heterocycles.